The normalized spacial score (nSPS) is 12.8. The highest BCUT2D eigenvalue weighted by Gasteiger charge is 2.37. The van der Waals surface area contributed by atoms with Gasteiger partial charge in [-0.1, -0.05) is 11.6 Å². The summed E-state index contributed by atoms with van der Waals surface area (Å²) in [6.07, 6.45) is 0. The van der Waals surface area contributed by atoms with Crippen molar-refractivity contribution in [1.82, 2.24) is 4.90 Å². The van der Waals surface area contributed by atoms with E-state index in [0.29, 0.717) is 33.5 Å². The number of amides is 4. The predicted molar refractivity (Wildman–Crippen MR) is 109 cm³/mol. The minimum absolute atomic E-state index is 0.255. The van der Waals surface area contributed by atoms with E-state index in [2.05, 4.69) is 10.6 Å². The molecule has 1 aliphatic rings. The molecule has 0 fully saturated rings. The van der Waals surface area contributed by atoms with E-state index in [-0.39, 0.29) is 23.4 Å². The molecule has 0 spiro atoms. The molecule has 0 bridgehead atoms. The van der Waals surface area contributed by atoms with Gasteiger partial charge in [-0.25, -0.2) is 4.79 Å². The summed E-state index contributed by atoms with van der Waals surface area (Å²) in [6.45, 7) is 3.53. The fourth-order valence-electron chi connectivity index (χ4n) is 3.05. The Labute approximate surface area is 172 Å². The van der Waals surface area contributed by atoms with Crippen molar-refractivity contribution in [3.05, 3.63) is 46.5 Å². The molecule has 1 aliphatic heterocycles. The Hall–Kier alpha value is -3.26. The van der Waals surface area contributed by atoms with E-state index in [1.54, 1.807) is 19.9 Å². The second-order valence-electron chi connectivity index (χ2n) is 6.60. The Bertz CT molecular complexity index is 1010. The van der Waals surface area contributed by atoms with Gasteiger partial charge < -0.3 is 20.1 Å². The van der Waals surface area contributed by atoms with Crippen LogP contribution in [0.1, 0.15) is 34.6 Å². The molecule has 4 amide bonds. The van der Waals surface area contributed by atoms with E-state index < -0.39 is 6.03 Å². The first-order chi connectivity index (χ1) is 13.8. The number of methoxy groups -OCH3 is 2. The summed E-state index contributed by atoms with van der Waals surface area (Å²) in [5, 5.41) is 5.63. The van der Waals surface area contributed by atoms with Gasteiger partial charge in [0.1, 0.15) is 11.5 Å². The van der Waals surface area contributed by atoms with E-state index in [1.807, 2.05) is 0 Å². The summed E-state index contributed by atoms with van der Waals surface area (Å²) in [6, 6.07) is 6.81. The molecule has 3 rings (SSSR count). The predicted octanol–water partition coefficient (Wildman–Crippen LogP) is 4.01. The van der Waals surface area contributed by atoms with Crippen LogP contribution in [0, 0.1) is 0 Å². The number of urea groups is 1. The van der Waals surface area contributed by atoms with Gasteiger partial charge in [-0.15, -0.1) is 0 Å². The molecule has 29 heavy (non-hydrogen) atoms. The number of carbonyl (C=O) groups is 3. The zero-order valence-corrected chi connectivity index (χ0v) is 17.1. The van der Waals surface area contributed by atoms with E-state index in [9.17, 15) is 14.4 Å². The van der Waals surface area contributed by atoms with Crippen LogP contribution in [0.15, 0.2) is 30.3 Å². The quantitative estimate of drug-likeness (QED) is 0.716. The third-order valence-electron chi connectivity index (χ3n) is 4.41. The summed E-state index contributed by atoms with van der Waals surface area (Å²) in [7, 11) is 2.91. The molecule has 0 radical (unpaired) electrons. The Morgan fingerprint density at radius 3 is 2.24 bits per heavy atom. The molecule has 0 unspecified atom stereocenters. The molecule has 2 N–H and O–H groups in total. The van der Waals surface area contributed by atoms with Crippen LogP contribution >= 0.6 is 11.6 Å². The lowest BCUT2D eigenvalue weighted by atomic mass is 10.1. The van der Waals surface area contributed by atoms with Gasteiger partial charge in [0.15, 0.2) is 0 Å². The van der Waals surface area contributed by atoms with Crippen LogP contribution in [0.5, 0.6) is 11.5 Å². The van der Waals surface area contributed by atoms with E-state index >= 15 is 0 Å². The molecule has 0 aromatic heterocycles. The van der Waals surface area contributed by atoms with E-state index in [1.165, 1.54) is 43.4 Å². The zero-order chi connectivity index (χ0) is 21.3. The van der Waals surface area contributed by atoms with Gasteiger partial charge in [-0.05, 0) is 32.0 Å². The molecule has 0 atom stereocenters. The first-order valence-electron chi connectivity index (χ1n) is 8.78. The standard InChI is InChI=1S/C20H20ClN3O5/c1-10(2)24-18(25)12-6-5-11(7-13(12)19(24)26)22-20(27)23-15-9-16(28-3)14(21)8-17(15)29-4/h5-10H,1-4H3,(H2,22,23,27). The Balaban J connectivity index is 1.80. The number of benzene rings is 2. The Morgan fingerprint density at radius 1 is 0.966 bits per heavy atom. The molecule has 2 aromatic carbocycles. The third kappa shape index (κ3) is 3.84. The van der Waals surface area contributed by atoms with Gasteiger partial charge in [0.05, 0.1) is 36.1 Å². The summed E-state index contributed by atoms with van der Waals surface area (Å²) < 4.78 is 10.4. The maximum Gasteiger partial charge on any atom is 0.323 e. The Kier molecular flexibility index (Phi) is 5.65. The van der Waals surface area contributed by atoms with Crippen LogP contribution < -0.4 is 20.1 Å². The maximum absolute atomic E-state index is 12.5. The number of imide groups is 1. The van der Waals surface area contributed by atoms with Crippen LogP contribution in [-0.4, -0.2) is 43.0 Å². The highest BCUT2D eigenvalue weighted by Crippen LogP contribution is 2.36. The number of nitrogens with one attached hydrogen (secondary N) is 2. The first-order valence-corrected chi connectivity index (χ1v) is 9.16. The lowest BCUT2D eigenvalue weighted by molar-refractivity contribution is 0.0609. The number of hydrogen-bond donors (Lipinski definition) is 2. The number of halogens is 1. The maximum atomic E-state index is 12.5. The van der Waals surface area contributed by atoms with Gasteiger partial charge in [0.2, 0.25) is 0 Å². The number of anilines is 2. The van der Waals surface area contributed by atoms with E-state index in [0.717, 1.165) is 0 Å². The summed E-state index contributed by atoms with van der Waals surface area (Å²) in [4.78, 5) is 38.5. The van der Waals surface area contributed by atoms with Crippen LogP contribution in [0.2, 0.25) is 5.02 Å². The van der Waals surface area contributed by atoms with Crippen molar-refractivity contribution in [3.63, 3.8) is 0 Å². The number of fused-ring (bicyclic) bond motifs is 1. The Morgan fingerprint density at radius 2 is 1.62 bits per heavy atom. The van der Waals surface area contributed by atoms with Gasteiger partial charge in [0.25, 0.3) is 11.8 Å². The van der Waals surface area contributed by atoms with Gasteiger partial charge in [0, 0.05) is 23.9 Å². The number of ether oxygens (including phenoxy) is 2. The van der Waals surface area contributed by atoms with Crippen molar-refractivity contribution in [2.24, 2.45) is 0 Å². The largest absolute Gasteiger partial charge is 0.495 e. The van der Waals surface area contributed by atoms with E-state index in [4.69, 9.17) is 21.1 Å². The van der Waals surface area contributed by atoms with Crippen LogP contribution in [0.4, 0.5) is 16.2 Å². The summed E-state index contributed by atoms with van der Waals surface area (Å²) in [5.41, 5.74) is 1.29. The fraction of sp³-hybridized carbons (Fsp3) is 0.250. The highest BCUT2D eigenvalue weighted by molar-refractivity contribution is 6.32. The van der Waals surface area contributed by atoms with Gasteiger partial charge in [-0.3, -0.25) is 14.5 Å². The first kappa shape index (κ1) is 20.5. The van der Waals surface area contributed by atoms with Crippen molar-refractivity contribution in [2.75, 3.05) is 24.9 Å². The van der Waals surface area contributed by atoms with Crippen LogP contribution in [-0.2, 0) is 0 Å². The van der Waals surface area contributed by atoms with Crippen molar-refractivity contribution < 1.29 is 23.9 Å². The number of nitrogens with zero attached hydrogens (tertiary/aromatic N) is 1. The monoisotopic (exact) mass is 417 g/mol. The molecule has 0 aliphatic carbocycles. The topological polar surface area (TPSA) is 97.0 Å². The molecular weight excluding hydrogens is 398 g/mol. The lowest BCUT2D eigenvalue weighted by Crippen LogP contribution is -2.35. The molecule has 0 saturated heterocycles. The molecule has 9 heteroatoms. The van der Waals surface area contributed by atoms with Crippen molar-refractivity contribution in [1.29, 1.82) is 0 Å². The van der Waals surface area contributed by atoms with Crippen molar-refractivity contribution in [3.8, 4) is 11.5 Å². The molecule has 0 saturated carbocycles. The van der Waals surface area contributed by atoms with Crippen LogP contribution in [0.25, 0.3) is 0 Å². The molecule has 152 valence electrons. The minimum atomic E-state index is -0.565. The number of hydrogen-bond acceptors (Lipinski definition) is 5. The number of rotatable bonds is 5. The van der Waals surface area contributed by atoms with Gasteiger partial charge in [-0.2, -0.15) is 0 Å². The minimum Gasteiger partial charge on any atom is -0.495 e. The molecule has 2 aromatic rings. The highest BCUT2D eigenvalue weighted by atomic mass is 35.5. The SMILES string of the molecule is COc1cc(NC(=O)Nc2ccc3c(c2)C(=O)N(C(C)C)C3=O)c(OC)cc1Cl. The average Bonchev–Trinajstić information content (AvgIpc) is 2.92. The van der Waals surface area contributed by atoms with Crippen molar-refractivity contribution >= 4 is 40.8 Å². The molecular formula is C20H20ClN3O5. The lowest BCUT2D eigenvalue weighted by Gasteiger charge is -2.17. The zero-order valence-electron chi connectivity index (χ0n) is 16.3. The fourth-order valence-corrected chi connectivity index (χ4v) is 3.28. The van der Waals surface area contributed by atoms with Crippen LogP contribution in [0.3, 0.4) is 0 Å². The average molecular weight is 418 g/mol. The third-order valence-corrected chi connectivity index (χ3v) is 4.71. The summed E-state index contributed by atoms with van der Waals surface area (Å²) in [5.74, 6) is 0.00796. The van der Waals surface area contributed by atoms with Crippen molar-refractivity contribution in [2.45, 2.75) is 19.9 Å². The smallest absolute Gasteiger partial charge is 0.323 e. The second-order valence-corrected chi connectivity index (χ2v) is 7.01. The summed E-state index contributed by atoms with van der Waals surface area (Å²) >= 11 is 6.06. The second kappa shape index (κ2) is 8.00. The number of carbonyl (C=O) groups excluding carboxylic acids is 3. The van der Waals surface area contributed by atoms with Gasteiger partial charge >= 0.3 is 6.03 Å². The molecule has 8 nitrogen and oxygen atoms in total. The molecule has 1 heterocycles.